The topological polar surface area (TPSA) is 60.0 Å². The number of ether oxygens (including phenoxy) is 2. The van der Waals surface area contributed by atoms with Crippen LogP contribution in [-0.2, 0) is 0 Å². The second-order valence-corrected chi connectivity index (χ2v) is 2.91. The normalized spacial score (nSPS) is 10.0. The van der Waals surface area contributed by atoms with Crippen molar-refractivity contribution in [1.82, 2.24) is 15.2 Å². The van der Waals surface area contributed by atoms with Gasteiger partial charge in [0, 0.05) is 11.8 Å². The molecule has 0 bridgehead atoms. The van der Waals surface area contributed by atoms with Gasteiger partial charge in [0.1, 0.15) is 11.5 Å². The Morgan fingerprint density at radius 1 is 1.07 bits per heavy atom. The van der Waals surface area contributed by atoms with Crippen LogP contribution in [-0.4, -0.2) is 29.4 Å². The Labute approximate surface area is 87.1 Å². The van der Waals surface area contributed by atoms with Crippen LogP contribution in [0.1, 0.15) is 0 Å². The van der Waals surface area contributed by atoms with Crippen molar-refractivity contribution in [3.05, 3.63) is 24.8 Å². The second kappa shape index (κ2) is 4.00. The second-order valence-electron chi connectivity index (χ2n) is 2.91. The van der Waals surface area contributed by atoms with Gasteiger partial charge in [0.25, 0.3) is 0 Å². The van der Waals surface area contributed by atoms with Gasteiger partial charge in [0.15, 0.2) is 0 Å². The van der Waals surface area contributed by atoms with Crippen LogP contribution in [0.25, 0.3) is 11.1 Å². The number of rotatable bonds is 3. The molecule has 0 unspecified atom stereocenters. The fourth-order valence-corrected chi connectivity index (χ4v) is 1.40. The lowest BCUT2D eigenvalue weighted by molar-refractivity contribution is 0.394. The largest absolute Gasteiger partial charge is 0.494 e. The predicted molar refractivity (Wildman–Crippen MR) is 54.9 cm³/mol. The van der Waals surface area contributed by atoms with Crippen LogP contribution >= 0.6 is 0 Å². The molecule has 5 nitrogen and oxygen atoms in total. The maximum atomic E-state index is 5.23. The van der Waals surface area contributed by atoms with Crippen molar-refractivity contribution in [3.8, 4) is 22.6 Å². The number of aromatic nitrogens is 3. The first-order valence-electron chi connectivity index (χ1n) is 4.42. The van der Waals surface area contributed by atoms with Crippen molar-refractivity contribution >= 4 is 0 Å². The van der Waals surface area contributed by atoms with Crippen LogP contribution in [0.2, 0.25) is 0 Å². The predicted octanol–water partition coefficient (Wildman–Crippen LogP) is 1.49. The number of hydrogen-bond acceptors (Lipinski definition) is 4. The highest BCUT2D eigenvalue weighted by molar-refractivity contribution is 5.74. The maximum absolute atomic E-state index is 5.23. The molecule has 0 aliphatic carbocycles. The molecule has 0 fully saturated rings. The van der Waals surface area contributed by atoms with E-state index in [1.807, 2.05) is 0 Å². The zero-order valence-electron chi connectivity index (χ0n) is 8.52. The molecule has 5 heteroatoms. The highest BCUT2D eigenvalue weighted by atomic mass is 16.5. The van der Waals surface area contributed by atoms with Crippen LogP contribution in [0.5, 0.6) is 11.5 Å². The van der Waals surface area contributed by atoms with Crippen molar-refractivity contribution in [2.45, 2.75) is 0 Å². The third kappa shape index (κ3) is 1.63. The molecule has 0 aromatic carbocycles. The molecule has 2 aromatic rings. The number of nitrogens with one attached hydrogen (secondary N) is 1. The SMILES string of the molecule is COc1cncc(OC)c1-c1cn[nH]c1. The van der Waals surface area contributed by atoms with Crippen LogP contribution < -0.4 is 9.47 Å². The summed E-state index contributed by atoms with van der Waals surface area (Å²) in [4.78, 5) is 4.02. The molecule has 0 aliphatic rings. The van der Waals surface area contributed by atoms with Gasteiger partial charge in [-0.2, -0.15) is 5.10 Å². The van der Waals surface area contributed by atoms with Gasteiger partial charge in [-0.1, -0.05) is 0 Å². The van der Waals surface area contributed by atoms with Gasteiger partial charge < -0.3 is 9.47 Å². The highest BCUT2D eigenvalue weighted by Crippen LogP contribution is 2.36. The maximum Gasteiger partial charge on any atom is 0.148 e. The average molecular weight is 205 g/mol. The number of aromatic amines is 1. The van der Waals surface area contributed by atoms with E-state index in [-0.39, 0.29) is 0 Å². The van der Waals surface area contributed by atoms with E-state index in [9.17, 15) is 0 Å². The first-order valence-corrected chi connectivity index (χ1v) is 4.42. The molecule has 2 aromatic heterocycles. The molecule has 0 saturated heterocycles. The van der Waals surface area contributed by atoms with Gasteiger partial charge in [-0.05, 0) is 0 Å². The Morgan fingerprint density at radius 2 is 1.73 bits per heavy atom. The summed E-state index contributed by atoms with van der Waals surface area (Å²) in [6.45, 7) is 0. The highest BCUT2D eigenvalue weighted by Gasteiger charge is 2.13. The summed E-state index contributed by atoms with van der Waals surface area (Å²) >= 11 is 0. The number of H-pyrrole nitrogens is 1. The smallest absolute Gasteiger partial charge is 0.148 e. The van der Waals surface area contributed by atoms with Crippen LogP contribution in [0.4, 0.5) is 0 Å². The summed E-state index contributed by atoms with van der Waals surface area (Å²) in [6, 6.07) is 0. The summed E-state index contributed by atoms with van der Waals surface area (Å²) in [6.07, 6.45) is 6.77. The first-order chi connectivity index (χ1) is 7.36. The van der Waals surface area contributed by atoms with Gasteiger partial charge in [0.05, 0.1) is 38.4 Å². The van der Waals surface area contributed by atoms with Gasteiger partial charge >= 0.3 is 0 Å². The van der Waals surface area contributed by atoms with Crippen molar-refractivity contribution in [3.63, 3.8) is 0 Å². The van der Waals surface area contributed by atoms with Gasteiger partial charge in [-0.25, -0.2) is 0 Å². The van der Waals surface area contributed by atoms with E-state index >= 15 is 0 Å². The van der Waals surface area contributed by atoms with Crippen LogP contribution in [0, 0.1) is 0 Å². The number of hydrogen-bond donors (Lipinski definition) is 1. The molecule has 0 saturated carbocycles. The Hall–Kier alpha value is -2.04. The Morgan fingerprint density at radius 3 is 2.20 bits per heavy atom. The van der Waals surface area contributed by atoms with E-state index in [2.05, 4.69) is 15.2 Å². The number of nitrogens with zero attached hydrogens (tertiary/aromatic N) is 2. The van der Waals surface area contributed by atoms with Crippen molar-refractivity contribution in [2.24, 2.45) is 0 Å². The lowest BCUT2D eigenvalue weighted by Crippen LogP contribution is -1.93. The summed E-state index contributed by atoms with van der Waals surface area (Å²) in [5.41, 5.74) is 1.76. The lowest BCUT2D eigenvalue weighted by Gasteiger charge is -2.10. The van der Waals surface area contributed by atoms with Crippen LogP contribution in [0.15, 0.2) is 24.8 Å². The van der Waals surface area contributed by atoms with Crippen molar-refractivity contribution in [2.75, 3.05) is 14.2 Å². The molecule has 2 heterocycles. The fourth-order valence-electron chi connectivity index (χ4n) is 1.40. The third-order valence-electron chi connectivity index (χ3n) is 2.10. The van der Waals surface area contributed by atoms with Crippen molar-refractivity contribution in [1.29, 1.82) is 0 Å². The average Bonchev–Trinajstić information content (AvgIpc) is 2.81. The third-order valence-corrected chi connectivity index (χ3v) is 2.10. The van der Waals surface area contributed by atoms with E-state index in [0.29, 0.717) is 11.5 Å². The van der Waals surface area contributed by atoms with E-state index in [4.69, 9.17) is 9.47 Å². The first kappa shape index (κ1) is 9.51. The van der Waals surface area contributed by atoms with Gasteiger partial charge in [0.2, 0.25) is 0 Å². The number of methoxy groups -OCH3 is 2. The van der Waals surface area contributed by atoms with E-state index < -0.39 is 0 Å². The van der Waals surface area contributed by atoms with E-state index in [1.54, 1.807) is 39.0 Å². The molecule has 2 rings (SSSR count). The van der Waals surface area contributed by atoms with Crippen LogP contribution in [0.3, 0.4) is 0 Å². The molecule has 1 N–H and O–H groups in total. The quantitative estimate of drug-likeness (QED) is 0.824. The summed E-state index contributed by atoms with van der Waals surface area (Å²) in [5, 5.41) is 6.64. The zero-order chi connectivity index (χ0) is 10.7. The fraction of sp³-hybridized carbons (Fsp3) is 0.200. The minimum Gasteiger partial charge on any atom is -0.494 e. The van der Waals surface area contributed by atoms with E-state index in [1.165, 1.54) is 0 Å². The Kier molecular flexibility index (Phi) is 2.53. The standard InChI is InChI=1S/C10H11N3O2/c1-14-8-5-11-6-9(15-2)10(8)7-3-12-13-4-7/h3-6H,1-2H3,(H,12,13). The minimum atomic E-state index is 0.663. The molecule has 0 spiro atoms. The Balaban J connectivity index is 2.61. The zero-order valence-corrected chi connectivity index (χ0v) is 8.52. The molecule has 0 aliphatic heterocycles. The molecule has 15 heavy (non-hydrogen) atoms. The molecule has 0 atom stereocenters. The van der Waals surface area contributed by atoms with Gasteiger partial charge in [-0.3, -0.25) is 10.1 Å². The minimum absolute atomic E-state index is 0.663. The summed E-state index contributed by atoms with van der Waals surface area (Å²) in [7, 11) is 3.19. The molecule has 0 radical (unpaired) electrons. The number of pyridine rings is 1. The summed E-state index contributed by atoms with van der Waals surface area (Å²) in [5.74, 6) is 1.33. The molecule has 78 valence electrons. The molecular weight excluding hydrogens is 194 g/mol. The van der Waals surface area contributed by atoms with Gasteiger partial charge in [-0.15, -0.1) is 0 Å². The Bertz CT molecular complexity index is 418. The molecule has 0 amide bonds. The molecular formula is C10H11N3O2. The van der Waals surface area contributed by atoms with E-state index in [0.717, 1.165) is 11.1 Å². The van der Waals surface area contributed by atoms with Crippen molar-refractivity contribution < 1.29 is 9.47 Å². The monoisotopic (exact) mass is 205 g/mol. The lowest BCUT2D eigenvalue weighted by atomic mass is 10.1. The summed E-state index contributed by atoms with van der Waals surface area (Å²) < 4.78 is 10.5.